The Morgan fingerprint density at radius 3 is 2.53 bits per heavy atom. The van der Waals surface area contributed by atoms with Crippen LogP contribution in [0.3, 0.4) is 0 Å². The number of benzene rings is 1. The molecule has 0 aromatic heterocycles. The van der Waals surface area contributed by atoms with Crippen molar-refractivity contribution >= 4 is 17.6 Å². The van der Waals surface area contributed by atoms with Gasteiger partial charge in [0.25, 0.3) is 11.8 Å². The van der Waals surface area contributed by atoms with Gasteiger partial charge in [0, 0.05) is 32.7 Å². The molecule has 2 heterocycles. The van der Waals surface area contributed by atoms with Gasteiger partial charge in [0.15, 0.2) is 0 Å². The minimum Gasteiger partial charge on any atom is -0.379 e. The molecule has 8 nitrogen and oxygen atoms in total. The lowest BCUT2D eigenvalue weighted by molar-refractivity contribution is -0.185. The van der Waals surface area contributed by atoms with Crippen LogP contribution in [0.15, 0.2) is 18.2 Å². The van der Waals surface area contributed by atoms with Crippen molar-refractivity contribution in [2.75, 3.05) is 53.0 Å². The van der Waals surface area contributed by atoms with Gasteiger partial charge in [-0.1, -0.05) is 6.07 Å². The number of Topliss-reactive ketones (excluding diaryl/α,β-unsaturated/α-hetero) is 1. The first-order valence-electron chi connectivity index (χ1n) is 9.96. The number of hydroxylamine groups is 2. The number of carbonyl (C=O) groups is 3. The Bertz CT molecular complexity index is 873. The Hall–Kier alpha value is -2.57. The lowest BCUT2D eigenvalue weighted by Crippen LogP contribution is -2.42. The maximum atomic E-state index is 13.3. The Labute approximate surface area is 181 Å². The Kier molecular flexibility index (Phi) is 7.47. The van der Waals surface area contributed by atoms with Crippen molar-refractivity contribution in [1.29, 1.82) is 0 Å². The molecule has 1 aromatic carbocycles. The highest BCUT2D eigenvalue weighted by atomic mass is 19.4. The molecule has 0 N–H and O–H groups in total. The number of rotatable bonds is 7. The summed E-state index contributed by atoms with van der Waals surface area (Å²) in [5, 5.41) is 0.587. The molecular weight excluding hydrogens is 438 g/mol. The summed E-state index contributed by atoms with van der Waals surface area (Å²) in [6.45, 7) is 2.40. The van der Waals surface area contributed by atoms with Crippen LogP contribution in [0.4, 0.5) is 17.6 Å². The van der Waals surface area contributed by atoms with E-state index in [1.54, 1.807) is 0 Å². The average molecular weight is 461 g/mol. The van der Waals surface area contributed by atoms with Crippen molar-refractivity contribution in [2.45, 2.75) is 12.7 Å². The molecule has 2 saturated heterocycles. The average Bonchev–Trinajstić information content (AvgIpc) is 3.05. The number of ether oxygens (including phenoxy) is 1. The zero-order valence-electron chi connectivity index (χ0n) is 17.4. The molecule has 12 heteroatoms. The molecule has 1 aromatic rings. The zero-order valence-corrected chi connectivity index (χ0v) is 17.4. The van der Waals surface area contributed by atoms with Gasteiger partial charge in [0.2, 0.25) is 5.78 Å². The standard InChI is InChI=1S/C20H23F4N3O5/c1-31-27(11-13-2-3-14(21)10-16(13)20(22,23)24)18(29)15-12-26(19(30)17(15)28)5-4-25-6-8-32-9-7-25/h2-3,10,15H,4-9,11-12H2,1H3. The summed E-state index contributed by atoms with van der Waals surface area (Å²) >= 11 is 0. The third-order valence-corrected chi connectivity index (χ3v) is 5.46. The van der Waals surface area contributed by atoms with Gasteiger partial charge in [-0.05, 0) is 17.7 Å². The van der Waals surface area contributed by atoms with Crippen molar-refractivity contribution in [3.05, 3.63) is 35.1 Å². The molecule has 0 aliphatic carbocycles. The molecule has 2 aliphatic heterocycles. The van der Waals surface area contributed by atoms with Crippen molar-refractivity contribution in [1.82, 2.24) is 14.9 Å². The van der Waals surface area contributed by atoms with Gasteiger partial charge in [-0.15, -0.1) is 0 Å². The maximum Gasteiger partial charge on any atom is 0.416 e. The molecule has 176 valence electrons. The van der Waals surface area contributed by atoms with E-state index in [1.165, 1.54) is 4.90 Å². The van der Waals surface area contributed by atoms with Crippen LogP contribution < -0.4 is 0 Å². The molecule has 32 heavy (non-hydrogen) atoms. The number of carbonyl (C=O) groups excluding carboxylic acids is 3. The summed E-state index contributed by atoms with van der Waals surface area (Å²) in [7, 11) is 1.06. The fraction of sp³-hybridized carbons (Fsp3) is 0.550. The van der Waals surface area contributed by atoms with E-state index in [9.17, 15) is 31.9 Å². The number of hydrogen-bond donors (Lipinski definition) is 0. The van der Waals surface area contributed by atoms with Gasteiger partial charge in [0.05, 0.1) is 32.4 Å². The first-order chi connectivity index (χ1) is 15.1. The second-order valence-electron chi connectivity index (χ2n) is 7.48. The van der Waals surface area contributed by atoms with Crippen LogP contribution in [-0.4, -0.2) is 85.5 Å². The van der Waals surface area contributed by atoms with Crippen LogP contribution in [-0.2, 0) is 36.7 Å². The molecule has 3 rings (SSSR count). The number of hydrogen-bond acceptors (Lipinski definition) is 6. The highest BCUT2D eigenvalue weighted by Gasteiger charge is 2.45. The van der Waals surface area contributed by atoms with Gasteiger partial charge in [-0.25, -0.2) is 9.45 Å². The first-order valence-corrected chi connectivity index (χ1v) is 9.96. The number of nitrogens with zero attached hydrogens (tertiary/aromatic N) is 3. The van der Waals surface area contributed by atoms with Crippen molar-refractivity contribution in [3.8, 4) is 0 Å². The zero-order chi connectivity index (χ0) is 23.5. The molecule has 0 saturated carbocycles. The van der Waals surface area contributed by atoms with E-state index in [0.717, 1.165) is 19.2 Å². The molecule has 2 fully saturated rings. The number of likely N-dealkylation sites (tertiary alicyclic amines) is 1. The summed E-state index contributed by atoms with van der Waals surface area (Å²) in [6.07, 6.45) is -4.85. The second-order valence-corrected chi connectivity index (χ2v) is 7.48. The Morgan fingerprint density at radius 1 is 1.22 bits per heavy atom. The third kappa shape index (κ3) is 5.43. The maximum absolute atomic E-state index is 13.3. The van der Waals surface area contributed by atoms with Gasteiger partial charge in [-0.2, -0.15) is 13.2 Å². The summed E-state index contributed by atoms with van der Waals surface area (Å²) < 4.78 is 58.4. The largest absolute Gasteiger partial charge is 0.416 e. The van der Waals surface area contributed by atoms with Crippen molar-refractivity contribution < 1.29 is 41.5 Å². The first kappa shape index (κ1) is 24.1. The molecule has 0 radical (unpaired) electrons. The lowest BCUT2D eigenvalue weighted by Gasteiger charge is -2.28. The van der Waals surface area contributed by atoms with E-state index in [4.69, 9.17) is 9.57 Å². The third-order valence-electron chi connectivity index (χ3n) is 5.46. The Morgan fingerprint density at radius 2 is 1.91 bits per heavy atom. The topological polar surface area (TPSA) is 79.4 Å². The second kappa shape index (κ2) is 9.92. The predicted molar refractivity (Wildman–Crippen MR) is 101 cm³/mol. The van der Waals surface area contributed by atoms with E-state index >= 15 is 0 Å². The predicted octanol–water partition coefficient (Wildman–Crippen LogP) is 1.09. The number of alkyl halides is 3. The van der Waals surface area contributed by atoms with E-state index in [0.29, 0.717) is 44.0 Å². The minimum absolute atomic E-state index is 0.184. The van der Waals surface area contributed by atoms with Crippen LogP contribution in [0.5, 0.6) is 0 Å². The fourth-order valence-electron chi connectivity index (χ4n) is 3.67. The van der Waals surface area contributed by atoms with Crippen LogP contribution in [0.2, 0.25) is 0 Å². The number of halogens is 4. The van der Waals surface area contributed by atoms with E-state index < -0.39 is 53.2 Å². The van der Waals surface area contributed by atoms with E-state index in [-0.39, 0.29) is 13.1 Å². The van der Waals surface area contributed by atoms with Crippen LogP contribution >= 0.6 is 0 Å². The molecule has 0 spiro atoms. The van der Waals surface area contributed by atoms with Crippen LogP contribution in [0.25, 0.3) is 0 Å². The van der Waals surface area contributed by atoms with Crippen LogP contribution in [0, 0.1) is 11.7 Å². The SMILES string of the molecule is CON(Cc1ccc(F)cc1C(F)(F)F)C(=O)C1CN(CCN2CCOCC2)C(=O)C1=O. The Balaban J connectivity index is 1.68. The van der Waals surface area contributed by atoms with Gasteiger partial charge in [-0.3, -0.25) is 24.1 Å². The molecule has 2 amide bonds. The van der Waals surface area contributed by atoms with Gasteiger partial charge in [0.1, 0.15) is 11.7 Å². The molecule has 1 atom stereocenters. The number of amides is 2. The smallest absolute Gasteiger partial charge is 0.379 e. The molecular formula is C20H23F4N3O5. The lowest BCUT2D eigenvalue weighted by atomic mass is 10.0. The summed E-state index contributed by atoms with van der Waals surface area (Å²) in [5.41, 5.74) is -1.66. The summed E-state index contributed by atoms with van der Waals surface area (Å²) in [4.78, 5) is 45.8. The highest BCUT2D eigenvalue weighted by molar-refractivity contribution is 6.42. The molecule has 0 bridgehead atoms. The number of morpholine rings is 1. The van der Waals surface area contributed by atoms with E-state index in [2.05, 4.69) is 4.90 Å². The van der Waals surface area contributed by atoms with Crippen LogP contribution in [0.1, 0.15) is 11.1 Å². The highest BCUT2D eigenvalue weighted by Crippen LogP contribution is 2.33. The fourth-order valence-corrected chi connectivity index (χ4v) is 3.67. The van der Waals surface area contributed by atoms with Crippen molar-refractivity contribution in [3.63, 3.8) is 0 Å². The monoisotopic (exact) mass is 461 g/mol. The normalized spacial score (nSPS) is 20.2. The van der Waals surface area contributed by atoms with Crippen molar-refractivity contribution in [2.24, 2.45) is 5.92 Å². The minimum atomic E-state index is -4.85. The quantitative estimate of drug-likeness (QED) is 0.262. The van der Waals surface area contributed by atoms with Gasteiger partial charge < -0.3 is 9.64 Å². The summed E-state index contributed by atoms with van der Waals surface area (Å²) in [6, 6.07) is 2.06. The molecule has 1 unspecified atom stereocenters. The molecule has 2 aliphatic rings. The van der Waals surface area contributed by atoms with Gasteiger partial charge >= 0.3 is 6.18 Å². The summed E-state index contributed by atoms with van der Waals surface area (Å²) in [5.74, 6) is -5.15. The van der Waals surface area contributed by atoms with E-state index in [1.807, 2.05) is 0 Å². The number of ketones is 1.